The maximum Gasteiger partial charge on any atom is 0.165 e. The molecule has 2 atom stereocenters. The Morgan fingerprint density at radius 1 is 1.28 bits per heavy atom. The highest BCUT2D eigenvalue weighted by Crippen LogP contribution is 2.33. The Morgan fingerprint density at radius 3 is 2.61 bits per heavy atom. The number of carbonyl (C=O) groups is 1. The fraction of sp³-hybridized carbons (Fsp3) is 0.562. The summed E-state index contributed by atoms with van der Waals surface area (Å²) in [6, 6.07) is 7.51. The topological polar surface area (TPSA) is 26.3 Å². The van der Waals surface area contributed by atoms with Crippen LogP contribution in [0.3, 0.4) is 0 Å². The average molecular weight is 246 g/mol. The van der Waals surface area contributed by atoms with Crippen LogP contribution in [0.2, 0.25) is 0 Å². The molecule has 1 aliphatic rings. The van der Waals surface area contributed by atoms with Crippen LogP contribution in [0.4, 0.5) is 0 Å². The molecular formula is C16H22O2. The number of hydrogen-bond donors (Lipinski definition) is 0. The van der Waals surface area contributed by atoms with Crippen molar-refractivity contribution in [1.29, 1.82) is 0 Å². The van der Waals surface area contributed by atoms with Crippen molar-refractivity contribution >= 4 is 5.78 Å². The minimum absolute atomic E-state index is 0.233. The molecule has 1 aromatic rings. The quantitative estimate of drug-likeness (QED) is 0.748. The van der Waals surface area contributed by atoms with E-state index in [1.165, 1.54) is 19.3 Å². The Hall–Kier alpha value is -1.31. The molecule has 0 heterocycles. The first kappa shape index (κ1) is 13.1. The van der Waals surface area contributed by atoms with Gasteiger partial charge in [-0.25, -0.2) is 0 Å². The molecule has 2 nitrogen and oxygen atoms in total. The van der Waals surface area contributed by atoms with Gasteiger partial charge in [-0.1, -0.05) is 26.2 Å². The molecule has 98 valence electrons. The van der Waals surface area contributed by atoms with Crippen molar-refractivity contribution in [3.63, 3.8) is 0 Å². The molecule has 0 amide bonds. The van der Waals surface area contributed by atoms with Crippen molar-refractivity contribution in [3.05, 3.63) is 29.8 Å². The smallest absolute Gasteiger partial charge is 0.165 e. The van der Waals surface area contributed by atoms with E-state index < -0.39 is 0 Å². The van der Waals surface area contributed by atoms with E-state index in [0.29, 0.717) is 5.78 Å². The van der Waals surface area contributed by atoms with Gasteiger partial charge in [-0.05, 0) is 43.0 Å². The van der Waals surface area contributed by atoms with E-state index in [-0.39, 0.29) is 5.92 Å². The van der Waals surface area contributed by atoms with Gasteiger partial charge in [0.1, 0.15) is 5.75 Å². The number of benzene rings is 1. The molecule has 0 N–H and O–H groups in total. The Labute approximate surface area is 109 Å². The van der Waals surface area contributed by atoms with Crippen LogP contribution < -0.4 is 4.74 Å². The van der Waals surface area contributed by atoms with E-state index in [2.05, 4.69) is 6.92 Å². The maximum absolute atomic E-state index is 12.4. The van der Waals surface area contributed by atoms with Crippen molar-refractivity contribution < 1.29 is 9.53 Å². The lowest BCUT2D eigenvalue weighted by Gasteiger charge is -2.27. The van der Waals surface area contributed by atoms with E-state index in [1.807, 2.05) is 24.3 Å². The molecule has 0 radical (unpaired) electrons. The zero-order valence-corrected chi connectivity index (χ0v) is 11.3. The van der Waals surface area contributed by atoms with Gasteiger partial charge in [0.05, 0.1) is 7.11 Å². The lowest BCUT2D eigenvalue weighted by atomic mass is 9.77. The zero-order valence-electron chi connectivity index (χ0n) is 11.3. The molecule has 0 spiro atoms. The summed E-state index contributed by atoms with van der Waals surface area (Å²) >= 11 is 0. The third kappa shape index (κ3) is 2.92. The highest BCUT2D eigenvalue weighted by molar-refractivity contribution is 5.98. The van der Waals surface area contributed by atoms with Crippen LogP contribution in [0.15, 0.2) is 24.3 Å². The minimum atomic E-state index is 0.233. The summed E-state index contributed by atoms with van der Waals surface area (Å²) in [5, 5.41) is 0. The van der Waals surface area contributed by atoms with E-state index in [0.717, 1.165) is 30.1 Å². The number of methoxy groups -OCH3 is 1. The van der Waals surface area contributed by atoms with Gasteiger partial charge in [0.2, 0.25) is 0 Å². The average Bonchev–Trinajstić information content (AvgIpc) is 2.46. The van der Waals surface area contributed by atoms with Crippen molar-refractivity contribution in [1.82, 2.24) is 0 Å². The molecule has 18 heavy (non-hydrogen) atoms. The van der Waals surface area contributed by atoms with Crippen LogP contribution in [-0.4, -0.2) is 12.9 Å². The van der Waals surface area contributed by atoms with Gasteiger partial charge in [0.25, 0.3) is 0 Å². The van der Waals surface area contributed by atoms with Gasteiger partial charge >= 0.3 is 0 Å². The van der Waals surface area contributed by atoms with Gasteiger partial charge in [-0.15, -0.1) is 0 Å². The summed E-state index contributed by atoms with van der Waals surface area (Å²) < 4.78 is 5.12. The summed E-state index contributed by atoms with van der Waals surface area (Å²) in [6.45, 7) is 2.23. The molecule has 1 saturated carbocycles. The molecule has 2 rings (SSSR count). The van der Waals surface area contributed by atoms with Gasteiger partial charge in [0, 0.05) is 11.5 Å². The SMILES string of the molecule is CCC1CCCC(C(=O)c2ccc(OC)cc2)C1. The van der Waals surface area contributed by atoms with Crippen LogP contribution in [0.5, 0.6) is 5.75 Å². The molecule has 1 fully saturated rings. The summed E-state index contributed by atoms with van der Waals surface area (Å²) in [7, 11) is 1.64. The second-order valence-corrected chi connectivity index (χ2v) is 5.23. The number of ketones is 1. The highest BCUT2D eigenvalue weighted by atomic mass is 16.5. The molecule has 1 aliphatic carbocycles. The number of ether oxygens (including phenoxy) is 1. The standard InChI is InChI=1S/C16H22O2/c1-3-12-5-4-6-14(11-12)16(17)13-7-9-15(18-2)10-8-13/h7-10,12,14H,3-6,11H2,1-2H3. The molecule has 0 aliphatic heterocycles. The predicted molar refractivity (Wildman–Crippen MR) is 73.1 cm³/mol. The van der Waals surface area contributed by atoms with Gasteiger partial charge in [0.15, 0.2) is 5.78 Å². The first-order valence-corrected chi connectivity index (χ1v) is 6.92. The fourth-order valence-corrected chi connectivity index (χ4v) is 2.89. The van der Waals surface area contributed by atoms with E-state index in [1.54, 1.807) is 7.11 Å². The highest BCUT2D eigenvalue weighted by Gasteiger charge is 2.26. The number of hydrogen-bond acceptors (Lipinski definition) is 2. The molecule has 2 heteroatoms. The zero-order chi connectivity index (χ0) is 13.0. The maximum atomic E-state index is 12.4. The monoisotopic (exact) mass is 246 g/mol. The third-order valence-corrected chi connectivity index (χ3v) is 4.11. The summed E-state index contributed by atoms with van der Waals surface area (Å²) in [6.07, 6.45) is 5.82. The molecule has 0 saturated heterocycles. The molecular weight excluding hydrogens is 224 g/mol. The van der Waals surface area contributed by atoms with Crippen molar-refractivity contribution in [2.75, 3.05) is 7.11 Å². The Bertz CT molecular complexity index is 394. The Kier molecular flexibility index (Phi) is 4.40. The van der Waals surface area contributed by atoms with Crippen LogP contribution in [-0.2, 0) is 0 Å². The Balaban J connectivity index is 2.05. The van der Waals surface area contributed by atoms with Crippen LogP contribution >= 0.6 is 0 Å². The summed E-state index contributed by atoms with van der Waals surface area (Å²) in [5.74, 6) is 2.10. The van der Waals surface area contributed by atoms with E-state index in [4.69, 9.17) is 4.74 Å². The third-order valence-electron chi connectivity index (χ3n) is 4.11. The fourth-order valence-electron chi connectivity index (χ4n) is 2.89. The number of Topliss-reactive ketones (excluding diaryl/α,β-unsaturated/α-hetero) is 1. The van der Waals surface area contributed by atoms with E-state index in [9.17, 15) is 4.79 Å². The normalized spacial score (nSPS) is 23.7. The van der Waals surface area contributed by atoms with Crippen LogP contribution in [0.1, 0.15) is 49.4 Å². The molecule has 0 bridgehead atoms. The van der Waals surface area contributed by atoms with Gasteiger partial charge in [-0.3, -0.25) is 4.79 Å². The van der Waals surface area contributed by atoms with Crippen molar-refractivity contribution in [2.45, 2.75) is 39.0 Å². The van der Waals surface area contributed by atoms with Gasteiger partial charge in [-0.2, -0.15) is 0 Å². The molecule has 2 unspecified atom stereocenters. The first-order valence-electron chi connectivity index (χ1n) is 6.92. The van der Waals surface area contributed by atoms with Crippen LogP contribution in [0, 0.1) is 11.8 Å². The second-order valence-electron chi connectivity index (χ2n) is 5.23. The lowest BCUT2D eigenvalue weighted by Crippen LogP contribution is -2.22. The second kappa shape index (κ2) is 6.03. The van der Waals surface area contributed by atoms with Crippen molar-refractivity contribution in [2.24, 2.45) is 11.8 Å². The number of rotatable bonds is 4. The summed E-state index contributed by atoms with van der Waals surface area (Å²) in [5.41, 5.74) is 0.831. The Morgan fingerprint density at radius 2 is 2.00 bits per heavy atom. The predicted octanol–water partition coefficient (Wildman–Crippen LogP) is 4.09. The largest absolute Gasteiger partial charge is 0.497 e. The van der Waals surface area contributed by atoms with Crippen molar-refractivity contribution in [3.8, 4) is 5.75 Å². The van der Waals surface area contributed by atoms with Gasteiger partial charge < -0.3 is 4.74 Å². The minimum Gasteiger partial charge on any atom is -0.497 e. The number of carbonyl (C=O) groups excluding carboxylic acids is 1. The van der Waals surface area contributed by atoms with Crippen LogP contribution in [0.25, 0.3) is 0 Å². The summed E-state index contributed by atoms with van der Waals surface area (Å²) in [4.78, 5) is 12.4. The first-order chi connectivity index (χ1) is 8.74. The molecule has 1 aromatic carbocycles. The lowest BCUT2D eigenvalue weighted by molar-refractivity contribution is 0.0862. The van der Waals surface area contributed by atoms with E-state index >= 15 is 0 Å². The molecule has 0 aromatic heterocycles.